The molecule has 0 amide bonds. The number of rotatable bonds is 9. The van der Waals surface area contributed by atoms with E-state index in [0.29, 0.717) is 23.7 Å². The van der Waals surface area contributed by atoms with Crippen molar-refractivity contribution < 1.29 is 26.7 Å². The first-order valence-electron chi connectivity index (χ1n) is 10.5. The van der Waals surface area contributed by atoms with Crippen LogP contribution in [0.2, 0.25) is 0 Å². The number of ether oxygens (including phenoxy) is 2. The summed E-state index contributed by atoms with van der Waals surface area (Å²) in [5.74, 6) is 0.965. The number of benzene rings is 3. The quantitative estimate of drug-likeness (QED) is 0.322. The highest BCUT2D eigenvalue weighted by molar-refractivity contribution is 7.91. The van der Waals surface area contributed by atoms with E-state index in [9.17, 15) is 12.8 Å². The van der Waals surface area contributed by atoms with Gasteiger partial charge in [-0.3, -0.25) is 0 Å². The van der Waals surface area contributed by atoms with Crippen molar-refractivity contribution in [1.82, 2.24) is 4.98 Å². The summed E-state index contributed by atoms with van der Waals surface area (Å²) in [5, 5.41) is 2.75. The van der Waals surface area contributed by atoms with Crippen molar-refractivity contribution in [1.29, 1.82) is 0 Å². The van der Waals surface area contributed by atoms with Crippen molar-refractivity contribution >= 4 is 15.7 Å². The molecule has 4 rings (SSSR count). The number of sulfone groups is 1. The van der Waals surface area contributed by atoms with Gasteiger partial charge in [0.15, 0.2) is 0 Å². The van der Waals surface area contributed by atoms with E-state index in [0.717, 1.165) is 17.7 Å². The van der Waals surface area contributed by atoms with Gasteiger partial charge in [-0.05, 0) is 73.2 Å². The van der Waals surface area contributed by atoms with Gasteiger partial charge < -0.3 is 19.2 Å². The van der Waals surface area contributed by atoms with Gasteiger partial charge in [0.2, 0.25) is 26.6 Å². The number of nitrogens with one attached hydrogen (secondary N) is 1. The van der Waals surface area contributed by atoms with E-state index in [-0.39, 0.29) is 28.2 Å². The van der Waals surface area contributed by atoms with Crippen LogP contribution in [0, 0.1) is 5.82 Å². The Morgan fingerprint density at radius 1 is 0.941 bits per heavy atom. The van der Waals surface area contributed by atoms with Crippen LogP contribution in [0.25, 0.3) is 11.5 Å². The molecular weight excluding hydrogens is 459 g/mol. The predicted octanol–water partition coefficient (Wildman–Crippen LogP) is 5.33. The van der Waals surface area contributed by atoms with Gasteiger partial charge in [-0.25, -0.2) is 12.8 Å². The lowest BCUT2D eigenvalue weighted by atomic mass is 10.2. The normalized spacial score (nSPS) is 11.3. The fourth-order valence-electron chi connectivity index (χ4n) is 3.23. The van der Waals surface area contributed by atoms with E-state index in [1.807, 2.05) is 19.1 Å². The third-order valence-electron chi connectivity index (χ3n) is 5.00. The molecule has 7 nitrogen and oxygen atoms in total. The highest BCUT2D eigenvalue weighted by Crippen LogP contribution is 2.33. The van der Waals surface area contributed by atoms with E-state index >= 15 is 0 Å². The second-order valence-corrected chi connectivity index (χ2v) is 9.13. The molecule has 9 heteroatoms. The van der Waals surface area contributed by atoms with Crippen LogP contribution in [0.1, 0.15) is 12.5 Å². The predicted molar refractivity (Wildman–Crippen MR) is 125 cm³/mol. The molecule has 0 bridgehead atoms. The van der Waals surface area contributed by atoms with Gasteiger partial charge in [0.25, 0.3) is 0 Å². The number of oxazole rings is 1. The fourth-order valence-corrected chi connectivity index (χ4v) is 4.51. The first-order chi connectivity index (χ1) is 16.4. The molecule has 0 atom stereocenters. The average Bonchev–Trinajstić information content (AvgIpc) is 3.29. The van der Waals surface area contributed by atoms with Crippen LogP contribution < -0.4 is 14.8 Å². The molecule has 0 radical (unpaired) electrons. The molecule has 0 saturated heterocycles. The Balaban J connectivity index is 1.70. The lowest BCUT2D eigenvalue weighted by molar-refractivity contribution is 0.340. The number of nitrogens with zero attached hydrogens (tertiary/aromatic N) is 1. The summed E-state index contributed by atoms with van der Waals surface area (Å²) in [6, 6.07) is 18.9. The van der Waals surface area contributed by atoms with Crippen molar-refractivity contribution in [2.45, 2.75) is 23.4 Å². The van der Waals surface area contributed by atoms with Crippen LogP contribution in [0.15, 0.2) is 87.1 Å². The van der Waals surface area contributed by atoms with Gasteiger partial charge in [-0.2, -0.15) is 4.98 Å². The standard InChI is InChI=1S/C25H23FN2O5S/c1-3-32-21-12-6-18(7-13-21)23-28-25(34(29,30)22-14-8-19(26)9-15-22)24(33-23)27-16-17-4-10-20(31-2)11-5-17/h4-15,27H,3,16H2,1-2H3. The van der Waals surface area contributed by atoms with Gasteiger partial charge in [0.1, 0.15) is 17.3 Å². The van der Waals surface area contributed by atoms with Crippen LogP contribution in [0.5, 0.6) is 11.5 Å². The van der Waals surface area contributed by atoms with Crippen molar-refractivity contribution in [3.05, 3.63) is 84.2 Å². The second kappa shape index (κ2) is 9.96. The summed E-state index contributed by atoms with van der Waals surface area (Å²) in [6.45, 7) is 2.70. The summed E-state index contributed by atoms with van der Waals surface area (Å²) in [6.07, 6.45) is 0. The Labute approximate surface area is 197 Å². The van der Waals surface area contributed by atoms with Crippen molar-refractivity contribution in [3.63, 3.8) is 0 Å². The molecule has 0 saturated carbocycles. The van der Waals surface area contributed by atoms with Gasteiger partial charge in [-0.15, -0.1) is 0 Å². The van der Waals surface area contributed by atoms with Gasteiger partial charge in [0, 0.05) is 12.1 Å². The summed E-state index contributed by atoms with van der Waals surface area (Å²) < 4.78 is 56.5. The number of hydrogen-bond acceptors (Lipinski definition) is 7. The Kier molecular flexibility index (Phi) is 6.83. The molecule has 1 heterocycles. The maximum atomic E-state index is 13.4. The highest BCUT2D eigenvalue weighted by Gasteiger charge is 2.28. The third-order valence-corrected chi connectivity index (χ3v) is 6.68. The van der Waals surface area contributed by atoms with Crippen molar-refractivity contribution in [2.24, 2.45) is 0 Å². The SMILES string of the molecule is CCOc1ccc(-c2nc(S(=O)(=O)c3ccc(F)cc3)c(NCc3ccc(OC)cc3)o2)cc1. The Morgan fingerprint density at radius 3 is 2.21 bits per heavy atom. The third kappa shape index (κ3) is 5.04. The maximum absolute atomic E-state index is 13.4. The van der Waals surface area contributed by atoms with Crippen LogP contribution in [0.4, 0.5) is 10.3 Å². The molecule has 3 aromatic carbocycles. The monoisotopic (exact) mass is 482 g/mol. The molecule has 34 heavy (non-hydrogen) atoms. The zero-order valence-electron chi connectivity index (χ0n) is 18.6. The van der Waals surface area contributed by atoms with Crippen LogP contribution in [0.3, 0.4) is 0 Å². The molecule has 0 spiro atoms. The minimum Gasteiger partial charge on any atom is -0.497 e. The summed E-state index contributed by atoms with van der Waals surface area (Å²) in [7, 11) is -2.50. The molecule has 1 aromatic heterocycles. The maximum Gasteiger partial charge on any atom is 0.234 e. The lowest BCUT2D eigenvalue weighted by Crippen LogP contribution is -2.07. The van der Waals surface area contributed by atoms with Gasteiger partial charge in [-0.1, -0.05) is 12.1 Å². The number of hydrogen-bond donors (Lipinski definition) is 1. The molecule has 176 valence electrons. The molecule has 0 fully saturated rings. The van der Waals surface area contributed by atoms with Crippen LogP contribution in [-0.4, -0.2) is 27.1 Å². The van der Waals surface area contributed by atoms with E-state index in [4.69, 9.17) is 13.9 Å². The van der Waals surface area contributed by atoms with E-state index in [1.54, 1.807) is 43.5 Å². The molecule has 0 aliphatic carbocycles. The Morgan fingerprint density at radius 2 is 1.59 bits per heavy atom. The first-order valence-corrected chi connectivity index (χ1v) is 12.0. The van der Waals surface area contributed by atoms with E-state index < -0.39 is 15.7 Å². The molecular formula is C25H23FN2O5S. The Hall–Kier alpha value is -3.85. The number of aromatic nitrogens is 1. The first kappa shape index (κ1) is 23.3. The zero-order valence-corrected chi connectivity index (χ0v) is 19.4. The smallest absolute Gasteiger partial charge is 0.234 e. The molecule has 4 aromatic rings. The number of methoxy groups -OCH3 is 1. The van der Waals surface area contributed by atoms with E-state index in [1.165, 1.54) is 12.1 Å². The van der Waals surface area contributed by atoms with E-state index in [2.05, 4.69) is 10.3 Å². The highest BCUT2D eigenvalue weighted by atomic mass is 32.2. The molecule has 0 aliphatic heterocycles. The number of anilines is 1. The minimum atomic E-state index is -4.08. The summed E-state index contributed by atoms with van der Waals surface area (Å²) >= 11 is 0. The van der Waals surface area contributed by atoms with Gasteiger partial charge >= 0.3 is 0 Å². The van der Waals surface area contributed by atoms with Crippen molar-refractivity contribution in [3.8, 4) is 23.0 Å². The lowest BCUT2D eigenvalue weighted by Gasteiger charge is -2.07. The molecule has 1 N–H and O–H groups in total. The average molecular weight is 483 g/mol. The molecule has 0 unspecified atom stereocenters. The van der Waals surface area contributed by atoms with Gasteiger partial charge in [0.05, 0.1) is 18.6 Å². The van der Waals surface area contributed by atoms with Crippen molar-refractivity contribution in [2.75, 3.05) is 19.0 Å². The Bertz CT molecular complexity index is 1350. The summed E-state index contributed by atoms with van der Waals surface area (Å²) in [4.78, 5) is 4.20. The minimum absolute atomic E-state index is 0.0102. The second-order valence-electron chi connectivity index (χ2n) is 7.27. The number of halogens is 1. The summed E-state index contributed by atoms with van der Waals surface area (Å²) in [5.41, 5.74) is 1.46. The largest absolute Gasteiger partial charge is 0.497 e. The fraction of sp³-hybridized carbons (Fsp3) is 0.160. The molecule has 0 aliphatic rings. The van der Waals surface area contributed by atoms with Crippen LogP contribution >= 0.6 is 0 Å². The zero-order chi connectivity index (χ0) is 24.1. The van der Waals surface area contributed by atoms with Crippen LogP contribution in [-0.2, 0) is 16.4 Å². The topological polar surface area (TPSA) is 90.7 Å².